The maximum Gasteiger partial charge on any atom is 0.275 e. The van der Waals surface area contributed by atoms with Gasteiger partial charge in [0, 0.05) is 12.2 Å². The fourth-order valence-electron chi connectivity index (χ4n) is 2.22. The van der Waals surface area contributed by atoms with E-state index in [1.165, 1.54) is 16.9 Å². The molecule has 1 aromatic heterocycles. The summed E-state index contributed by atoms with van der Waals surface area (Å²) in [6.45, 7) is 5.76. The van der Waals surface area contributed by atoms with Gasteiger partial charge in [-0.25, -0.2) is 0 Å². The number of hydrogen-bond donors (Lipinski definition) is 3. The van der Waals surface area contributed by atoms with Crippen molar-refractivity contribution in [3.8, 4) is 0 Å². The topological polar surface area (TPSA) is 63.4 Å². The summed E-state index contributed by atoms with van der Waals surface area (Å²) in [5, 5.41) is 11.4. The molecule has 1 unspecified atom stereocenters. The molecule has 0 aliphatic rings. The van der Waals surface area contributed by atoms with E-state index in [1.807, 2.05) is 39.1 Å². The molecule has 1 atom stereocenters. The number of rotatable bonds is 8. The van der Waals surface area contributed by atoms with Gasteiger partial charge in [-0.2, -0.15) is 4.68 Å². The summed E-state index contributed by atoms with van der Waals surface area (Å²) >= 11 is 6.81. The number of hydrogen-bond acceptors (Lipinski definition) is 5. The minimum absolute atomic E-state index is 0.0502. The van der Waals surface area contributed by atoms with Crippen LogP contribution in [0.15, 0.2) is 24.3 Å². The molecule has 2 aromatic rings. The number of aryl methyl sites for hydroxylation is 1. The summed E-state index contributed by atoms with van der Waals surface area (Å²) in [5.41, 5.74) is 2.18. The highest BCUT2D eigenvalue weighted by Crippen LogP contribution is 2.20. The van der Waals surface area contributed by atoms with Gasteiger partial charge >= 0.3 is 0 Å². The summed E-state index contributed by atoms with van der Waals surface area (Å²) in [4.78, 5) is 12.8. The number of nitrogens with zero attached hydrogens (tertiary/aromatic N) is 2. The minimum atomic E-state index is 0.0502. The fraction of sp³-hybridized carbons (Fsp3) is 0.438. The number of quaternary nitrogens is 1. The van der Waals surface area contributed by atoms with E-state index in [1.54, 1.807) is 4.68 Å². The van der Waals surface area contributed by atoms with Crippen LogP contribution < -0.4 is 15.5 Å². The van der Waals surface area contributed by atoms with Gasteiger partial charge in [0.05, 0.1) is 7.05 Å². The molecule has 0 aliphatic heterocycles. The highest BCUT2D eigenvalue weighted by molar-refractivity contribution is 7.73. The van der Waals surface area contributed by atoms with Crippen LogP contribution in [0.25, 0.3) is 0 Å². The number of likely N-dealkylation sites (N-methyl/N-ethyl adjacent to an activating group) is 1. The standard InChI is InChI=1S/C16H23N5OS2/c1-4-8-17-14(22)10-20(3)11-21-16(23)24-15(19-21)18-13-7-5-6-12(2)9-13/h5-7,9H,4,8,10-11H2,1-3H3,(H,17,22)(H,18,19)/p+1. The van der Waals surface area contributed by atoms with E-state index in [-0.39, 0.29) is 5.91 Å². The van der Waals surface area contributed by atoms with Crippen LogP contribution in [0.1, 0.15) is 18.9 Å². The lowest BCUT2D eigenvalue weighted by atomic mass is 10.2. The second-order valence-electron chi connectivity index (χ2n) is 5.81. The number of aromatic nitrogens is 2. The third kappa shape index (κ3) is 5.70. The van der Waals surface area contributed by atoms with Crippen molar-refractivity contribution in [2.45, 2.75) is 26.9 Å². The lowest BCUT2D eigenvalue weighted by molar-refractivity contribution is -0.895. The fourth-order valence-corrected chi connectivity index (χ4v) is 3.24. The first kappa shape index (κ1) is 18.6. The zero-order valence-corrected chi connectivity index (χ0v) is 15.9. The summed E-state index contributed by atoms with van der Waals surface area (Å²) < 4.78 is 2.46. The summed E-state index contributed by atoms with van der Waals surface area (Å²) in [5.74, 6) is 0.0502. The molecular weight excluding hydrogens is 342 g/mol. The Kier molecular flexibility index (Phi) is 6.89. The van der Waals surface area contributed by atoms with Crippen LogP contribution in [-0.2, 0) is 11.5 Å². The zero-order valence-electron chi connectivity index (χ0n) is 14.3. The van der Waals surface area contributed by atoms with Crippen molar-refractivity contribution in [3.63, 3.8) is 0 Å². The lowest BCUT2D eigenvalue weighted by Crippen LogP contribution is -3.09. The molecule has 0 bridgehead atoms. The molecule has 0 aliphatic carbocycles. The predicted molar refractivity (Wildman–Crippen MR) is 100 cm³/mol. The normalized spacial score (nSPS) is 12.0. The van der Waals surface area contributed by atoms with Crippen molar-refractivity contribution in [1.82, 2.24) is 15.1 Å². The van der Waals surface area contributed by atoms with Gasteiger partial charge < -0.3 is 15.5 Å². The Morgan fingerprint density at radius 2 is 2.25 bits per heavy atom. The molecule has 1 aromatic carbocycles. The second kappa shape index (κ2) is 8.91. The highest BCUT2D eigenvalue weighted by atomic mass is 32.1. The van der Waals surface area contributed by atoms with Gasteiger partial charge in [0.15, 0.2) is 17.2 Å². The smallest absolute Gasteiger partial charge is 0.275 e. The van der Waals surface area contributed by atoms with Crippen LogP contribution >= 0.6 is 23.6 Å². The zero-order chi connectivity index (χ0) is 17.5. The van der Waals surface area contributed by atoms with E-state index < -0.39 is 0 Å². The Morgan fingerprint density at radius 3 is 2.96 bits per heavy atom. The number of carbonyl (C=O) groups is 1. The van der Waals surface area contributed by atoms with Crippen molar-refractivity contribution in [2.75, 3.05) is 25.5 Å². The molecule has 2 rings (SSSR count). The average molecular weight is 367 g/mol. The van der Waals surface area contributed by atoms with Crippen LogP contribution in [-0.4, -0.2) is 35.8 Å². The molecule has 6 nitrogen and oxygen atoms in total. The third-order valence-corrected chi connectivity index (χ3v) is 4.55. The van der Waals surface area contributed by atoms with E-state index in [0.29, 0.717) is 23.7 Å². The molecule has 0 fully saturated rings. The Balaban J connectivity index is 1.96. The number of carbonyl (C=O) groups excluding carboxylic acids is 1. The minimum Gasteiger partial charge on any atom is -0.351 e. The number of anilines is 2. The quantitative estimate of drug-likeness (QED) is 0.623. The van der Waals surface area contributed by atoms with Gasteiger partial charge in [-0.3, -0.25) is 4.79 Å². The number of amides is 1. The van der Waals surface area contributed by atoms with Gasteiger partial charge in [-0.15, -0.1) is 5.10 Å². The van der Waals surface area contributed by atoms with Crippen molar-refractivity contribution in [3.05, 3.63) is 33.8 Å². The van der Waals surface area contributed by atoms with Crippen molar-refractivity contribution < 1.29 is 9.69 Å². The van der Waals surface area contributed by atoms with Crippen molar-refractivity contribution in [1.29, 1.82) is 0 Å². The largest absolute Gasteiger partial charge is 0.351 e. The van der Waals surface area contributed by atoms with Gasteiger partial charge in [0.2, 0.25) is 5.13 Å². The van der Waals surface area contributed by atoms with Gasteiger partial charge in [0.1, 0.15) is 0 Å². The molecule has 0 saturated carbocycles. The highest BCUT2D eigenvalue weighted by Gasteiger charge is 2.12. The van der Waals surface area contributed by atoms with Crippen LogP contribution in [0.2, 0.25) is 0 Å². The average Bonchev–Trinajstić information content (AvgIpc) is 2.84. The monoisotopic (exact) mass is 366 g/mol. The van der Waals surface area contributed by atoms with Crippen LogP contribution in [0, 0.1) is 10.9 Å². The predicted octanol–water partition coefficient (Wildman–Crippen LogP) is 1.72. The Bertz CT molecular complexity index is 740. The van der Waals surface area contributed by atoms with Crippen molar-refractivity contribution in [2.24, 2.45) is 0 Å². The number of benzene rings is 1. The molecule has 1 amide bonds. The maximum absolute atomic E-state index is 11.8. The number of nitrogens with one attached hydrogen (secondary N) is 3. The van der Waals surface area contributed by atoms with Gasteiger partial charge in [-0.1, -0.05) is 30.4 Å². The van der Waals surface area contributed by atoms with Crippen LogP contribution in [0.3, 0.4) is 0 Å². The lowest BCUT2D eigenvalue weighted by Gasteiger charge is -2.13. The van der Waals surface area contributed by atoms with E-state index >= 15 is 0 Å². The molecule has 0 radical (unpaired) electrons. The summed E-state index contributed by atoms with van der Waals surface area (Å²) in [7, 11) is 1.96. The molecule has 24 heavy (non-hydrogen) atoms. The Hall–Kier alpha value is -1.77. The van der Waals surface area contributed by atoms with E-state index in [2.05, 4.69) is 21.8 Å². The molecule has 1 heterocycles. The van der Waals surface area contributed by atoms with E-state index in [4.69, 9.17) is 12.2 Å². The molecule has 8 heteroatoms. The molecule has 130 valence electrons. The molecule has 0 spiro atoms. The Morgan fingerprint density at radius 1 is 1.46 bits per heavy atom. The van der Waals surface area contributed by atoms with Crippen LogP contribution in [0.4, 0.5) is 10.8 Å². The Labute approximate surface area is 151 Å². The molecule has 0 saturated heterocycles. The third-order valence-electron chi connectivity index (χ3n) is 3.33. The van der Waals surface area contributed by atoms with Crippen molar-refractivity contribution >= 4 is 40.3 Å². The van der Waals surface area contributed by atoms with E-state index in [9.17, 15) is 4.79 Å². The molecule has 3 N–H and O–H groups in total. The van der Waals surface area contributed by atoms with Gasteiger partial charge in [-0.05, 0) is 43.3 Å². The first-order valence-corrected chi connectivity index (χ1v) is 9.20. The summed E-state index contributed by atoms with van der Waals surface area (Å²) in [6.07, 6.45) is 0.940. The molecular formula is C16H24N5OS2+. The second-order valence-corrected chi connectivity index (χ2v) is 7.43. The van der Waals surface area contributed by atoms with E-state index in [0.717, 1.165) is 22.1 Å². The first-order chi connectivity index (χ1) is 11.5. The maximum atomic E-state index is 11.8. The van der Waals surface area contributed by atoms with Gasteiger partial charge in [0.25, 0.3) is 5.91 Å². The van der Waals surface area contributed by atoms with Crippen LogP contribution in [0.5, 0.6) is 0 Å². The first-order valence-electron chi connectivity index (χ1n) is 7.97. The SMILES string of the molecule is CCCNC(=O)C[NH+](C)Cn1nc(Nc2cccc(C)c2)sc1=S. The summed E-state index contributed by atoms with van der Waals surface area (Å²) in [6, 6.07) is 8.11.